The maximum atomic E-state index is 2.42. The fourth-order valence-electron chi connectivity index (χ4n) is 7.84. The van der Waals surface area contributed by atoms with Gasteiger partial charge in [0.15, 0.2) is 0 Å². The van der Waals surface area contributed by atoms with Gasteiger partial charge in [0.2, 0.25) is 0 Å². The van der Waals surface area contributed by atoms with Crippen molar-refractivity contribution in [3.63, 3.8) is 0 Å². The highest BCUT2D eigenvalue weighted by Crippen LogP contribution is 2.43. The van der Waals surface area contributed by atoms with Gasteiger partial charge in [-0.25, -0.2) is 0 Å². The molecule has 0 aliphatic carbocycles. The Kier molecular flexibility index (Phi) is 9.45. The smallest absolute Gasteiger partial charge is 0.0546 e. The van der Waals surface area contributed by atoms with E-state index in [1.165, 1.54) is 49.5 Å². The van der Waals surface area contributed by atoms with Gasteiger partial charge in [0.05, 0.1) is 5.69 Å². The predicted molar refractivity (Wildman–Crippen MR) is 241 cm³/mol. The minimum absolute atomic E-state index is 1.12. The normalized spacial score (nSPS) is 11.3. The molecule has 0 bridgehead atoms. The Bertz CT molecular complexity index is 2730. The molecule has 9 aromatic rings. The van der Waals surface area contributed by atoms with Crippen LogP contribution in [0.4, 0.5) is 34.1 Å². The predicted octanol–water partition coefficient (Wildman–Crippen LogP) is 15.4. The van der Waals surface area contributed by atoms with Crippen molar-refractivity contribution >= 4 is 67.8 Å². The molecular formula is C54H42N2. The summed E-state index contributed by atoms with van der Waals surface area (Å²) in [5.41, 5.74) is 14.0. The average molecular weight is 719 g/mol. The van der Waals surface area contributed by atoms with Crippen LogP contribution in [-0.2, 0) is 0 Å². The molecule has 0 unspecified atom stereocenters. The number of para-hydroxylation sites is 2. The van der Waals surface area contributed by atoms with Crippen LogP contribution in [0, 0.1) is 13.8 Å². The van der Waals surface area contributed by atoms with Crippen LogP contribution in [0.3, 0.4) is 0 Å². The fourth-order valence-corrected chi connectivity index (χ4v) is 7.84. The molecular weight excluding hydrogens is 677 g/mol. The fraction of sp³-hybridized carbons (Fsp3) is 0.0370. The third-order valence-corrected chi connectivity index (χ3v) is 10.5. The van der Waals surface area contributed by atoms with E-state index in [2.05, 4.69) is 242 Å². The Labute approximate surface area is 329 Å². The maximum Gasteiger partial charge on any atom is 0.0546 e. The van der Waals surface area contributed by atoms with E-state index in [0.717, 1.165) is 39.6 Å². The van der Waals surface area contributed by atoms with Crippen molar-refractivity contribution in [2.75, 3.05) is 9.80 Å². The molecule has 0 radical (unpaired) electrons. The zero-order valence-corrected chi connectivity index (χ0v) is 31.7. The molecule has 9 aromatic carbocycles. The highest BCUT2D eigenvalue weighted by molar-refractivity contribution is 6.14. The van der Waals surface area contributed by atoms with E-state index >= 15 is 0 Å². The van der Waals surface area contributed by atoms with Crippen LogP contribution < -0.4 is 9.80 Å². The molecule has 0 aliphatic rings. The number of anilines is 6. The number of nitrogens with zero attached hydrogens (tertiary/aromatic N) is 2. The van der Waals surface area contributed by atoms with Crippen molar-refractivity contribution in [1.82, 2.24) is 0 Å². The molecule has 0 aromatic heterocycles. The first-order valence-corrected chi connectivity index (χ1v) is 19.3. The van der Waals surface area contributed by atoms with E-state index in [9.17, 15) is 0 Å². The number of hydrogen-bond acceptors (Lipinski definition) is 2. The number of benzene rings is 9. The standard InChI is InChI=1S/C54H42N2/c1-39-35-40(2)37-50(36-39)56(54-38-45-13-9-10-18-51(45)52-19-11-12-20-53(52)54)49-33-29-44(30-34-49)43-27-23-41(24-28-43)21-22-42-25-31-48(32-26-42)55(46-14-5-3-6-15-46)47-16-7-4-8-17-47/h3-38H,1-2H3. The first-order chi connectivity index (χ1) is 27.6. The molecule has 0 saturated carbocycles. The van der Waals surface area contributed by atoms with Gasteiger partial charge < -0.3 is 9.80 Å². The number of aryl methyl sites for hydroxylation is 2. The van der Waals surface area contributed by atoms with E-state index < -0.39 is 0 Å². The van der Waals surface area contributed by atoms with Gasteiger partial charge >= 0.3 is 0 Å². The summed E-state index contributed by atoms with van der Waals surface area (Å²) in [4.78, 5) is 4.70. The second-order valence-electron chi connectivity index (χ2n) is 14.4. The number of hydrogen-bond donors (Lipinski definition) is 0. The average Bonchev–Trinajstić information content (AvgIpc) is 3.24. The van der Waals surface area contributed by atoms with Gasteiger partial charge in [0, 0.05) is 33.8 Å². The van der Waals surface area contributed by atoms with Crippen LogP contribution in [-0.4, -0.2) is 0 Å². The molecule has 0 heterocycles. The summed E-state index contributed by atoms with van der Waals surface area (Å²) in [6, 6.07) is 74.2. The third-order valence-electron chi connectivity index (χ3n) is 10.5. The molecule has 268 valence electrons. The van der Waals surface area contributed by atoms with Gasteiger partial charge in [0.25, 0.3) is 0 Å². The third kappa shape index (κ3) is 7.09. The lowest BCUT2D eigenvalue weighted by Gasteiger charge is -2.28. The number of rotatable bonds is 9. The molecule has 0 N–H and O–H groups in total. The summed E-state index contributed by atoms with van der Waals surface area (Å²) < 4.78 is 0. The quantitative estimate of drug-likeness (QED) is 0.108. The maximum absolute atomic E-state index is 2.42. The second kappa shape index (κ2) is 15.3. The summed E-state index contributed by atoms with van der Waals surface area (Å²) in [6.07, 6.45) is 4.37. The molecule has 0 saturated heterocycles. The van der Waals surface area contributed by atoms with Crippen molar-refractivity contribution < 1.29 is 0 Å². The van der Waals surface area contributed by atoms with Crippen LogP contribution in [0.2, 0.25) is 0 Å². The van der Waals surface area contributed by atoms with E-state index in [4.69, 9.17) is 0 Å². The second-order valence-corrected chi connectivity index (χ2v) is 14.4. The first-order valence-electron chi connectivity index (χ1n) is 19.3. The Hall–Kier alpha value is -7.16. The zero-order valence-electron chi connectivity index (χ0n) is 31.7. The molecule has 2 heteroatoms. The van der Waals surface area contributed by atoms with Crippen molar-refractivity contribution in [1.29, 1.82) is 0 Å². The number of fused-ring (bicyclic) bond motifs is 3. The van der Waals surface area contributed by atoms with Crippen molar-refractivity contribution in [3.8, 4) is 11.1 Å². The lowest BCUT2D eigenvalue weighted by atomic mass is 9.98. The van der Waals surface area contributed by atoms with Crippen molar-refractivity contribution in [3.05, 3.63) is 229 Å². The molecule has 0 amide bonds. The Morgan fingerprint density at radius 1 is 0.321 bits per heavy atom. The molecule has 0 aliphatic heterocycles. The SMILES string of the molecule is Cc1cc(C)cc(N(c2ccc(-c3ccc(C=Cc4ccc(N(c5ccccc5)c5ccccc5)cc4)cc3)cc2)c2cc3ccccc3c3ccccc23)c1. The van der Waals surface area contributed by atoms with Crippen molar-refractivity contribution in [2.24, 2.45) is 0 Å². The summed E-state index contributed by atoms with van der Waals surface area (Å²) in [5.74, 6) is 0. The van der Waals surface area contributed by atoms with E-state index in [1.807, 2.05) is 0 Å². The zero-order chi connectivity index (χ0) is 37.8. The molecule has 2 nitrogen and oxygen atoms in total. The summed E-state index contributed by atoms with van der Waals surface area (Å²) in [5, 5.41) is 5.00. The van der Waals surface area contributed by atoms with Crippen LogP contribution >= 0.6 is 0 Å². The minimum Gasteiger partial charge on any atom is -0.311 e. The highest BCUT2D eigenvalue weighted by Gasteiger charge is 2.18. The van der Waals surface area contributed by atoms with Crippen molar-refractivity contribution in [2.45, 2.75) is 13.8 Å². The van der Waals surface area contributed by atoms with Gasteiger partial charge in [-0.15, -0.1) is 0 Å². The van der Waals surface area contributed by atoms with Crippen LogP contribution in [0.25, 0.3) is 44.8 Å². The molecule has 0 spiro atoms. The topological polar surface area (TPSA) is 6.48 Å². The van der Waals surface area contributed by atoms with E-state index in [-0.39, 0.29) is 0 Å². The Morgan fingerprint density at radius 2 is 0.750 bits per heavy atom. The van der Waals surface area contributed by atoms with Gasteiger partial charge in [0.1, 0.15) is 0 Å². The molecule has 0 fully saturated rings. The van der Waals surface area contributed by atoms with Gasteiger partial charge in [-0.1, -0.05) is 152 Å². The van der Waals surface area contributed by atoms with Crippen LogP contribution in [0.15, 0.2) is 206 Å². The Balaban J connectivity index is 0.979. The van der Waals surface area contributed by atoms with E-state index in [1.54, 1.807) is 0 Å². The van der Waals surface area contributed by atoms with Gasteiger partial charge in [-0.2, -0.15) is 0 Å². The summed E-state index contributed by atoms with van der Waals surface area (Å²) in [6.45, 7) is 4.36. The summed E-state index contributed by atoms with van der Waals surface area (Å²) >= 11 is 0. The molecule has 9 rings (SSSR count). The largest absolute Gasteiger partial charge is 0.311 e. The Morgan fingerprint density at radius 3 is 1.34 bits per heavy atom. The van der Waals surface area contributed by atoms with Gasteiger partial charge in [-0.3, -0.25) is 0 Å². The van der Waals surface area contributed by atoms with Crippen LogP contribution in [0.1, 0.15) is 22.3 Å². The summed E-state index contributed by atoms with van der Waals surface area (Å²) in [7, 11) is 0. The van der Waals surface area contributed by atoms with Gasteiger partial charge in [-0.05, 0) is 130 Å². The lowest BCUT2D eigenvalue weighted by molar-refractivity contribution is 1.27. The monoisotopic (exact) mass is 718 g/mol. The highest BCUT2D eigenvalue weighted by atomic mass is 15.1. The lowest BCUT2D eigenvalue weighted by Crippen LogP contribution is -2.11. The van der Waals surface area contributed by atoms with Crippen LogP contribution in [0.5, 0.6) is 0 Å². The minimum atomic E-state index is 1.12. The molecule has 56 heavy (non-hydrogen) atoms. The van der Waals surface area contributed by atoms with E-state index in [0.29, 0.717) is 0 Å². The first kappa shape index (κ1) is 34.6. The molecule has 0 atom stereocenters.